The van der Waals surface area contributed by atoms with E-state index in [-0.39, 0.29) is 5.69 Å². The molecular weight excluding hydrogens is 220 g/mol. The van der Waals surface area contributed by atoms with E-state index in [0.29, 0.717) is 12.1 Å². The van der Waals surface area contributed by atoms with E-state index in [2.05, 4.69) is 14.7 Å². The minimum Gasteiger partial charge on any atom is -0.464 e. The average molecular weight is 232 g/mol. The second-order valence-electron chi connectivity index (χ2n) is 3.59. The Kier molecular flexibility index (Phi) is 3.09. The lowest BCUT2D eigenvalue weighted by molar-refractivity contribution is 0.0593. The highest BCUT2D eigenvalue weighted by molar-refractivity contribution is 5.88. The number of esters is 1. The summed E-state index contributed by atoms with van der Waals surface area (Å²) in [6, 6.07) is 9.55. The molecule has 2 N–H and O–H groups in total. The molecule has 0 spiro atoms. The number of H-pyrrole nitrogens is 2. The van der Waals surface area contributed by atoms with Crippen molar-refractivity contribution in [3.8, 4) is 0 Å². The molecule has 5 nitrogen and oxygen atoms in total. The van der Waals surface area contributed by atoms with Crippen LogP contribution in [0.25, 0.3) is 0 Å². The molecule has 2 aromatic rings. The number of aromatic nitrogens is 2. The van der Waals surface area contributed by atoms with Gasteiger partial charge in [0.25, 0.3) is 0 Å². The van der Waals surface area contributed by atoms with Crippen LogP contribution in [0.15, 0.2) is 35.1 Å². The van der Waals surface area contributed by atoms with Crippen LogP contribution in [0.4, 0.5) is 0 Å². The monoisotopic (exact) mass is 232 g/mol. The van der Waals surface area contributed by atoms with Crippen molar-refractivity contribution in [3.63, 3.8) is 0 Å². The van der Waals surface area contributed by atoms with E-state index in [1.165, 1.54) is 7.11 Å². The summed E-state index contributed by atoms with van der Waals surface area (Å²) in [7, 11) is 1.28. The van der Waals surface area contributed by atoms with Crippen LogP contribution in [0.3, 0.4) is 0 Å². The zero-order valence-corrected chi connectivity index (χ0v) is 9.32. The molecule has 1 aromatic heterocycles. The van der Waals surface area contributed by atoms with Gasteiger partial charge in [-0.05, 0) is 5.56 Å². The van der Waals surface area contributed by atoms with Crippen LogP contribution in [-0.2, 0) is 11.2 Å². The van der Waals surface area contributed by atoms with Crippen molar-refractivity contribution >= 4 is 5.97 Å². The van der Waals surface area contributed by atoms with Gasteiger partial charge in [0.05, 0.1) is 12.8 Å². The van der Waals surface area contributed by atoms with Crippen LogP contribution in [-0.4, -0.2) is 23.0 Å². The maximum Gasteiger partial charge on any atom is 0.356 e. The Morgan fingerprint density at radius 2 is 1.94 bits per heavy atom. The van der Waals surface area contributed by atoms with Crippen molar-refractivity contribution in [2.24, 2.45) is 0 Å². The van der Waals surface area contributed by atoms with Crippen molar-refractivity contribution in [2.45, 2.75) is 6.42 Å². The van der Waals surface area contributed by atoms with Gasteiger partial charge in [0.2, 0.25) is 0 Å². The second kappa shape index (κ2) is 4.69. The summed E-state index contributed by atoms with van der Waals surface area (Å²) < 4.78 is 4.60. The molecule has 2 rings (SSSR count). The fourth-order valence-electron chi connectivity index (χ4n) is 1.63. The Bertz CT molecular complexity index is 569. The van der Waals surface area contributed by atoms with Crippen LogP contribution in [0.2, 0.25) is 0 Å². The molecule has 88 valence electrons. The van der Waals surface area contributed by atoms with Gasteiger partial charge in [-0.3, -0.25) is 4.98 Å². The van der Waals surface area contributed by atoms with E-state index in [9.17, 15) is 9.59 Å². The van der Waals surface area contributed by atoms with Gasteiger partial charge in [-0.25, -0.2) is 9.59 Å². The molecule has 5 heteroatoms. The number of carbonyl (C=O) groups is 1. The van der Waals surface area contributed by atoms with Gasteiger partial charge in [0.1, 0.15) is 5.69 Å². The summed E-state index contributed by atoms with van der Waals surface area (Å²) in [6.07, 6.45) is 0.476. The van der Waals surface area contributed by atoms with Crippen LogP contribution in [0.1, 0.15) is 21.7 Å². The standard InChI is InChI=1S/C12H12N2O3/c1-17-11(15)10-9(13-12(16)14-10)7-8-5-3-2-4-6-8/h2-6H,7H2,1H3,(H2,13,14,16). The Morgan fingerprint density at radius 1 is 1.24 bits per heavy atom. The van der Waals surface area contributed by atoms with E-state index in [1.54, 1.807) is 0 Å². The smallest absolute Gasteiger partial charge is 0.356 e. The molecule has 0 aliphatic rings. The fraction of sp³-hybridized carbons (Fsp3) is 0.167. The summed E-state index contributed by atoms with van der Waals surface area (Å²) in [5.74, 6) is -0.547. The lowest BCUT2D eigenvalue weighted by Crippen LogP contribution is -2.07. The van der Waals surface area contributed by atoms with Crippen molar-refractivity contribution in [1.29, 1.82) is 0 Å². The highest BCUT2D eigenvalue weighted by Crippen LogP contribution is 2.09. The van der Waals surface area contributed by atoms with E-state index >= 15 is 0 Å². The molecule has 17 heavy (non-hydrogen) atoms. The summed E-state index contributed by atoms with van der Waals surface area (Å²) in [5.41, 5.74) is 1.32. The maximum absolute atomic E-state index is 11.4. The predicted molar refractivity (Wildman–Crippen MR) is 62.0 cm³/mol. The SMILES string of the molecule is COC(=O)c1[nH]c(=O)[nH]c1Cc1ccccc1. The van der Waals surface area contributed by atoms with Crippen molar-refractivity contribution in [1.82, 2.24) is 9.97 Å². The van der Waals surface area contributed by atoms with Gasteiger partial charge in [0, 0.05) is 6.42 Å². The zero-order valence-electron chi connectivity index (χ0n) is 9.32. The third kappa shape index (κ3) is 2.44. The first-order chi connectivity index (χ1) is 8.20. The molecule has 0 saturated heterocycles. The van der Waals surface area contributed by atoms with Crippen molar-refractivity contribution < 1.29 is 9.53 Å². The third-order valence-electron chi connectivity index (χ3n) is 2.42. The number of benzene rings is 1. The van der Waals surface area contributed by atoms with Crippen LogP contribution in [0, 0.1) is 0 Å². The molecular formula is C12H12N2O3. The molecule has 1 aromatic carbocycles. The first-order valence-electron chi connectivity index (χ1n) is 5.14. The van der Waals surface area contributed by atoms with Crippen molar-refractivity contribution in [2.75, 3.05) is 7.11 Å². The quantitative estimate of drug-likeness (QED) is 0.777. The Balaban J connectivity index is 2.33. The number of rotatable bonds is 3. The number of aromatic amines is 2. The molecule has 0 fully saturated rings. The number of carbonyl (C=O) groups excluding carboxylic acids is 1. The Hall–Kier alpha value is -2.30. The highest BCUT2D eigenvalue weighted by Gasteiger charge is 2.15. The fourth-order valence-corrected chi connectivity index (χ4v) is 1.63. The summed E-state index contributed by atoms with van der Waals surface area (Å²) in [6.45, 7) is 0. The molecule has 0 atom stereocenters. The van der Waals surface area contributed by atoms with Gasteiger partial charge in [-0.2, -0.15) is 0 Å². The lowest BCUT2D eigenvalue weighted by atomic mass is 10.1. The molecule has 0 bridgehead atoms. The van der Waals surface area contributed by atoms with Gasteiger partial charge in [0.15, 0.2) is 0 Å². The van der Waals surface area contributed by atoms with E-state index in [0.717, 1.165) is 5.56 Å². The number of ether oxygens (including phenoxy) is 1. The number of methoxy groups -OCH3 is 1. The normalized spacial score (nSPS) is 10.2. The lowest BCUT2D eigenvalue weighted by Gasteiger charge is -2.01. The maximum atomic E-state index is 11.4. The number of imidazole rings is 1. The molecule has 0 saturated carbocycles. The van der Waals surface area contributed by atoms with Gasteiger partial charge < -0.3 is 9.72 Å². The highest BCUT2D eigenvalue weighted by atomic mass is 16.5. The topological polar surface area (TPSA) is 75.0 Å². The summed E-state index contributed by atoms with van der Waals surface area (Å²) >= 11 is 0. The summed E-state index contributed by atoms with van der Waals surface area (Å²) in [5, 5.41) is 0. The van der Waals surface area contributed by atoms with E-state index in [4.69, 9.17) is 0 Å². The Labute approximate surface area is 97.4 Å². The minimum atomic E-state index is -0.547. The first kappa shape index (κ1) is 11.2. The number of hydrogen-bond donors (Lipinski definition) is 2. The average Bonchev–Trinajstić information content (AvgIpc) is 2.70. The molecule has 0 unspecified atom stereocenters. The predicted octanol–water partition coefficient (Wildman–Crippen LogP) is 1.08. The minimum absolute atomic E-state index is 0.182. The second-order valence-corrected chi connectivity index (χ2v) is 3.59. The first-order valence-corrected chi connectivity index (χ1v) is 5.14. The van der Waals surface area contributed by atoms with Crippen molar-refractivity contribution in [3.05, 3.63) is 57.8 Å². The van der Waals surface area contributed by atoms with Crippen LogP contribution in [0.5, 0.6) is 0 Å². The largest absolute Gasteiger partial charge is 0.464 e. The molecule has 0 aliphatic carbocycles. The van der Waals surface area contributed by atoms with Gasteiger partial charge in [-0.15, -0.1) is 0 Å². The van der Waals surface area contributed by atoms with E-state index < -0.39 is 11.7 Å². The van der Waals surface area contributed by atoms with Crippen LogP contribution < -0.4 is 5.69 Å². The van der Waals surface area contributed by atoms with Gasteiger partial charge in [-0.1, -0.05) is 30.3 Å². The molecule has 0 aliphatic heterocycles. The molecule has 1 heterocycles. The molecule has 0 amide bonds. The zero-order chi connectivity index (χ0) is 12.3. The third-order valence-corrected chi connectivity index (χ3v) is 2.42. The number of hydrogen-bond acceptors (Lipinski definition) is 3. The number of nitrogens with one attached hydrogen (secondary N) is 2. The van der Waals surface area contributed by atoms with E-state index in [1.807, 2.05) is 30.3 Å². The Morgan fingerprint density at radius 3 is 2.59 bits per heavy atom. The van der Waals surface area contributed by atoms with Gasteiger partial charge >= 0.3 is 11.7 Å². The van der Waals surface area contributed by atoms with Crippen LogP contribution >= 0.6 is 0 Å². The molecule has 0 radical (unpaired) electrons. The summed E-state index contributed by atoms with van der Waals surface area (Å²) in [4.78, 5) is 27.7.